The smallest absolute Gasteiger partial charge is 0.304 e. The fraction of sp³-hybridized carbons (Fsp3) is 0.727. The lowest BCUT2D eigenvalue weighted by molar-refractivity contribution is -0.206. The standard InChI is InChI=1S/C11H18O10/c12-4-6(13)5-21-10(20)11(1-7(14)15,2-8(16)17)3-9(18)19/h6,10,12-13,20H,1-5H2,(H,14,15)(H,16,17)(H,18,19). The molecule has 0 fully saturated rings. The van der Waals surface area contributed by atoms with E-state index in [4.69, 9.17) is 30.3 Å². The molecule has 0 spiro atoms. The number of carboxylic acids is 3. The number of carbonyl (C=O) groups is 3. The summed E-state index contributed by atoms with van der Waals surface area (Å²) in [7, 11) is 0. The van der Waals surface area contributed by atoms with Gasteiger partial charge in [-0.2, -0.15) is 0 Å². The SMILES string of the molecule is O=C(O)CC(CC(=O)O)(CC(=O)O)C(O)OCC(O)CO. The van der Waals surface area contributed by atoms with Gasteiger partial charge in [0, 0.05) is 0 Å². The third-order valence-electron chi connectivity index (χ3n) is 2.69. The highest BCUT2D eigenvalue weighted by molar-refractivity contribution is 5.75. The summed E-state index contributed by atoms with van der Waals surface area (Å²) in [6.07, 6.45) is -6.30. The second-order valence-corrected chi connectivity index (χ2v) is 4.60. The summed E-state index contributed by atoms with van der Waals surface area (Å²) in [4.78, 5) is 32.5. The van der Waals surface area contributed by atoms with Crippen LogP contribution >= 0.6 is 0 Å². The summed E-state index contributed by atoms with van der Waals surface area (Å²) in [5.74, 6) is -4.53. The minimum absolute atomic E-state index is 0.613. The van der Waals surface area contributed by atoms with Gasteiger partial charge in [-0.25, -0.2) is 0 Å². The minimum atomic E-state index is -2.10. The van der Waals surface area contributed by atoms with Gasteiger partial charge in [-0.15, -0.1) is 0 Å². The topological polar surface area (TPSA) is 182 Å². The molecular weight excluding hydrogens is 292 g/mol. The largest absolute Gasteiger partial charge is 0.481 e. The second kappa shape index (κ2) is 8.52. The number of aliphatic hydroxyl groups is 3. The number of hydrogen-bond donors (Lipinski definition) is 6. The van der Waals surface area contributed by atoms with Crippen molar-refractivity contribution in [1.82, 2.24) is 0 Å². The first-order chi connectivity index (χ1) is 9.62. The van der Waals surface area contributed by atoms with Crippen LogP contribution in [0.3, 0.4) is 0 Å². The molecule has 2 atom stereocenters. The van der Waals surface area contributed by atoms with E-state index in [1.165, 1.54) is 0 Å². The number of carboxylic acid groups (broad SMARTS) is 3. The van der Waals surface area contributed by atoms with E-state index in [1.54, 1.807) is 0 Å². The maximum absolute atomic E-state index is 10.8. The van der Waals surface area contributed by atoms with Crippen molar-refractivity contribution < 1.29 is 49.8 Å². The van der Waals surface area contributed by atoms with Crippen LogP contribution < -0.4 is 0 Å². The quantitative estimate of drug-likeness (QED) is 0.235. The van der Waals surface area contributed by atoms with E-state index in [1.807, 2.05) is 0 Å². The van der Waals surface area contributed by atoms with Gasteiger partial charge in [0.25, 0.3) is 0 Å². The summed E-state index contributed by atoms with van der Waals surface area (Å²) in [6, 6.07) is 0. The first-order valence-corrected chi connectivity index (χ1v) is 5.87. The first-order valence-electron chi connectivity index (χ1n) is 5.87. The van der Waals surface area contributed by atoms with Crippen molar-refractivity contribution in [2.75, 3.05) is 13.2 Å². The van der Waals surface area contributed by atoms with E-state index in [-0.39, 0.29) is 0 Å². The van der Waals surface area contributed by atoms with Crippen LogP contribution in [0.2, 0.25) is 0 Å². The number of aliphatic hydroxyl groups excluding tert-OH is 3. The van der Waals surface area contributed by atoms with Gasteiger partial charge in [0.2, 0.25) is 0 Å². The molecule has 10 nitrogen and oxygen atoms in total. The Bertz CT molecular complexity index is 338. The Kier molecular flexibility index (Phi) is 7.81. The van der Waals surface area contributed by atoms with Crippen LogP contribution in [0.1, 0.15) is 19.3 Å². The van der Waals surface area contributed by atoms with Gasteiger partial charge in [-0.1, -0.05) is 0 Å². The molecule has 0 saturated carbocycles. The Labute approximate surface area is 119 Å². The summed E-state index contributed by atoms with van der Waals surface area (Å²) in [5.41, 5.74) is -2.10. The molecule has 0 rings (SSSR count). The highest BCUT2D eigenvalue weighted by atomic mass is 16.6. The lowest BCUT2D eigenvalue weighted by atomic mass is 9.77. The zero-order chi connectivity index (χ0) is 16.6. The molecule has 0 aromatic heterocycles. The molecule has 6 N–H and O–H groups in total. The Morgan fingerprint density at radius 1 is 0.905 bits per heavy atom. The van der Waals surface area contributed by atoms with Gasteiger partial charge in [-0.3, -0.25) is 14.4 Å². The Hall–Kier alpha value is -1.75. The van der Waals surface area contributed by atoms with Crippen molar-refractivity contribution in [3.63, 3.8) is 0 Å². The van der Waals surface area contributed by atoms with E-state index in [2.05, 4.69) is 0 Å². The highest BCUT2D eigenvalue weighted by Gasteiger charge is 2.45. The Morgan fingerprint density at radius 3 is 1.57 bits per heavy atom. The van der Waals surface area contributed by atoms with Crippen LogP contribution in [-0.4, -0.2) is 74.2 Å². The molecule has 0 saturated heterocycles. The van der Waals surface area contributed by atoms with Crippen LogP contribution in [0.15, 0.2) is 0 Å². The lowest BCUT2D eigenvalue weighted by Gasteiger charge is -2.34. The fourth-order valence-corrected chi connectivity index (χ4v) is 1.78. The van der Waals surface area contributed by atoms with Gasteiger partial charge < -0.3 is 35.4 Å². The fourth-order valence-electron chi connectivity index (χ4n) is 1.78. The number of aliphatic carboxylic acids is 3. The zero-order valence-corrected chi connectivity index (χ0v) is 11.0. The number of rotatable bonds is 11. The summed E-state index contributed by atoms with van der Waals surface area (Å²) in [6.45, 7) is -1.31. The van der Waals surface area contributed by atoms with Crippen LogP contribution in [0.5, 0.6) is 0 Å². The number of ether oxygens (including phenoxy) is 1. The predicted octanol–water partition coefficient (Wildman–Crippen LogP) is -1.91. The first kappa shape index (κ1) is 19.2. The van der Waals surface area contributed by atoms with Gasteiger partial charge in [-0.05, 0) is 0 Å². The molecule has 0 bridgehead atoms. The average molecular weight is 310 g/mol. The summed E-state index contributed by atoms with van der Waals surface area (Å²) >= 11 is 0. The molecule has 21 heavy (non-hydrogen) atoms. The van der Waals surface area contributed by atoms with E-state index in [9.17, 15) is 19.5 Å². The highest BCUT2D eigenvalue weighted by Crippen LogP contribution is 2.36. The van der Waals surface area contributed by atoms with Gasteiger partial charge in [0.1, 0.15) is 6.10 Å². The van der Waals surface area contributed by atoms with Crippen molar-refractivity contribution in [1.29, 1.82) is 0 Å². The molecule has 0 aromatic rings. The normalized spacial score (nSPS) is 14.4. The average Bonchev–Trinajstić information content (AvgIpc) is 2.32. The number of hydrogen-bond acceptors (Lipinski definition) is 7. The Balaban J connectivity index is 5.23. The van der Waals surface area contributed by atoms with Crippen LogP contribution in [0.4, 0.5) is 0 Å². The van der Waals surface area contributed by atoms with E-state index >= 15 is 0 Å². The zero-order valence-electron chi connectivity index (χ0n) is 11.0. The van der Waals surface area contributed by atoms with Crippen molar-refractivity contribution in [2.24, 2.45) is 5.41 Å². The van der Waals surface area contributed by atoms with Gasteiger partial charge >= 0.3 is 17.9 Å². The third-order valence-corrected chi connectivity index (χ3v) is 2.69. The molecule has 0 aliphatic carbocycles. The van der Waals surface area contributed by atoms with Crippen molar-refractivity contribution >= 4 is 17.9 Å². The molecule has 2 unspecified atom stereocenters. The maximum atomic E-state index is 10.8. The molecule has 122 valence electrons. The maximum Gasteiger partial charge on any atom is 0.304 e. The molecule has 0 heterocycles. The second-order valence-electron chi connectivity index (χ2n) is 4.60. The van der Waals surface area contributed by atoms with E-state index in [0.717, 1.165) is 0 Å². The molecule has 0 aliphatic rings. The van der Waals surface area contributed by atoms with Gasteiger partial charge in [0.15, 0.2) is 6.29 Å². The van der Waals surface area contributed by atoms with Crippen molar-refractivity contribution in [2.45, 2.75) is 31.7 Å². The van der Waals surface area contributed by atoms with Crippen molar-refractivity contribution in [3.05, 3.63) is 0 Å². The molecule has 0 amide bonds. The molecule has 0 aliphatic heterocycles. The molecule has 0 radical (unpaired) electrons. The van der Waals surface area contributed by atoms with Crippen molar-refractivity contribution in [3.8, 4) is 0 Å². The summed E-state index contributed by atoms with van der Waals surface area (Å²) in [5, 5.41) is 53.9. The van der Waals surface area contributed by atoms with Crippen LogP contribution in [0.25, 0.3) is 0 Å². The lowest BCUT2D eigenvalue weighted by Crippen LogP contribution is -2.44. The minimum Gasteiger partial charge on any atom is -0.481 e. The molecule has 10 heteroatoms. The van der Waals surface area contributed by atoms with E-state index in [0.29, 0.717) is 0 Å². The molecule has 0 aromatic carbocycles. The molecular formula is C11H18O10. The summed E-state index contributed by atoms with van der Waals surface area (Å²) < 4.78 is 4.72. The monoisotopic (exact) mass is 310 g/mol. The third kappa shape index (κ3) is 6.99. The van der Waals surface area contributed by atoms with Gasteiger partial charge in [0.05, 0.1) is 37.9 Å². The van der Waals surface area contributed by atoms with Crippen LogP contribution in [-0.2, 0) is 19.1 Å². The van der Waals surface area contributed by atoms with E-state index < -0.39 is 68.2 Å². The predicted molar refractivity (Wildman–Crippen MR) is 64.2 cm³/mol. The van der Waals surface area contributed by atoms with Crippen LogP contribution in [0, 0.1) is 5.41 Å². The Morgan fingerprint density at radius 2 is 1.29 bits per heavy atom.